The molecule has 0 aliphatic carbocycles. The van der Waals surface area contributed by atoms with E-state index in [2.05, 4.69) is 5.32 Å². The van der Waals surface area contributed by atoms with Crippen molar-refractivity contribution in [1.82, 2.24) is 0 Å². The minimum Gasteiger partial charge on any atom is -0.452 e. The first kappa shape index (κ1) is 15.0. The molecule has 0 bridgehead atoms. The largest absolute Gasteiger partial charge is 0.452 e. The van der Waals surface area contributed by atoms with Gasteiger partial charge in [0.05, 0.1) is 5.56 Å². The molecule has 2 rings (SSSR count). The summed E-state index contributed by atoms with van der Waals surface area (Å²) in [5.41, 5.74) is 0.386. The highest BCUT2D eigenvalue weighted by atomic mass is 32.1. The van der Waals surface area contributed by atoms with Gasteiger partial charge >= 0.3 is 5.97 Å². The second kappa shape index (κ2) is 7.38. The van der Waals surface area contributed by atoms with Gasteiger partial charge in [0.15, 0.2) is 6.61 Å². The van der Waals surface area contributed by atoms with Gasteiger partial charge in [-0.2, -0.15) is 5.26 Å². The van der Waals surface area contributed by atoms with Gasteiger partial charge in [0.1, 0.15) is 11.1 Å². The summed E-state index contributed by atoms with van der Waals surface area (Å²) in [6.07, 6.45) is 2.89. The van der Waals surface area contributed by atoms with E-state index < -0.39 is 18.5 Å². The molecule has 7 heteroatoms. The number of nitriles is 1. The van der Waals surface area contributed by atoms with Crippen LogP contribution in [0, 0.1) is 11.3 Å². The van der Waals surface area contributed by atoms with Gasteiger partial charge < -0.3 is 10.1 Å². The van der Waals surface area contributed by atoms with Gasteiger partial charge in [-0.15, -0.1) is 22.7 Å². The number of carbonyl (C=O) groups excluding carboxylic acids is 2. The standard InChI is InChI=1S/C14H10N2O3S2/c15-8-10-5-7-21-14(10)16-12(17)9-19-13(18)4-3-11-2-1-6-20-11/h1-7H,9H2,(H,16,17). The van der Waals surface area contributed by atoms with Crippen molar-refractivity contribution in [2.45, 2.75) is 0 Å². The summed E-state index contributed by atoms with van der Waals surface area (Å²) in [7, 11) is 0. The number of thiophene rings is 2. The van der Waals surface area contributed by atoms with Crippen LogP contribution in [-0.2, 0) is 14.3 Å². The van der Waals surface area contributed by atoms with E-state index in [1.54, 1.807) is 17.5 Å². The van der Waals surface area contributed by atoms with Crippen molar-refractivity contribution >= 4 is 45.6 Å². The molecule has 0 aliphatic rings. The Morgan fingerprint density at radius 1 is 1.33 bits per heavy atom. The molecule has 2 heterocycles. The highest BCUT2D eigenvalue weighted by Gasteiger charge is 2.09. The molecule has 0 spiro atoms. The van der Waals surface area contributed by atoms with Crippen LogP contribution in [0.4, 0.5) is 5.00 Å². The second-order valence-corrected chi connectivity index (χ2v) is 5.68. The number of nitrogens with zero attached hydrogens (tertiary/aromatic N) is 1. The first-order valence-corrected chi connectivity index (χ1v) is 7.61. The Bertz CT molecular complexity index is 696. The number of esters is 1. The Labute approximate surface area is 129 Å². The topological polar surface area (TPSA) is 79.2 Å². The zero-order valence-corrected chi connectivity index (χ0v) is 12.4. The molecule has 0 radical (unpaired) electrons. The molecule has 0 aliphatic heterocycles. The highest BCUT2D eigenvalue weighted by molar-refractivity contribution is 7.14. The van der Waals surface area contributed by atoms with Crippen LogP contribution < -0.4 is 5.32 Å². The van der Waals surface area contributed by atoms with Gasteiger partial charge in [0, 0.05) is 11.0 Å². The molecular formula is C14H10N2O3S2. The molecule has 2 aromatic heterocycles. The number of rotatable bonds is 5. The van der Waals surface area contributed by atoms with Gasteiger partial charge in [-0.25, -0.2) is 4.79 Å². The zero-order valence-electron chi connectivity index (χ0n) is 10.7. The molecule has 0 atom stereocenters. The lowest BCUT2D eigenvalue weighted by atomic mass is 10.3. The number of carbonyl (C=O) groups is 2. The maximum Gasteiger partial charge on any atom is 0.331 e. The van der Waals surface area contributed by atoms with Crippen LogP contribution in [0.5, 0.6) is 0 Å². The summed E-state index contributed by atoms with van der Waals surface area (Å²) in [5.74, 6) is -1.07. The van der Waals surface area contributed by atoms with Gasteiger partial charge in [-0.3, -0.25) is 4.79 Å². The SMILES string of the molecule is N#Cc1ccsc1NC(=O)COC(=O)C=Cc1cccs1. The maximum absolute atomic E-state index is 11.6. The predicted octanol–water partition coefficient (Wildman–Crippen LogP) is 2.88. The Morgan fingerprint density at radius 2 is 2.19 bits per heavy atom. The van der Waals surface area contributed by atoms with Gasteiger partial charge in [-0.05, 0) is 29.0 Å². The lowest BCUT2D eigenvalue weighted by molar-refractivity contribution is -0.142. The third-order valence-corrected chi connectivity index (χ3v) is 3.98. The maximum atomic E-state index is 11.6. The molecule has 0 unspecified atom stereocenters. The average Bonchev–Trinajstić information content (AvgIpc) is 3.14. The summed E-state index contributed by atoms with van der Waals surface area (Å²) in [5, 5.41) is 15.4. The van der Waals surface area contributed by atoms with Crippen molar-refractivity contribution in [3.05, 3.63) is 45.5 Å². The van der Waals surface area contributed by atoms with E-state index in [0.717, 1.165) is 4.88 Å². The number of hydrogen-bond donors (Lipinski definition) is 1. The van der Waals surface area contributed by atoms with Crippen molar-refractivity contribution in [1.29, 1.82) is 5.26 Å². The number of ether oxygens (including phenoxy) is 1. The molecule has 0 saturated carbocycles. The molecule has 2 aromatic rings. The molecule has 0 aromatic carbocycles. The normalized spacial score (nSPS) is 10.2. The van der Waals surface area contributed by atoms with E-state index in [0.29, 0.717) is 10.6 Å². The Kier molecular flexibility index (Phi) is 5.26. The third kappa shape index (κ3) is 4.56. The van der Waals surface area contributed by atoms with Crippen LogP contribution in [0.15, 0.2) is 35.0 Å². The summed E-state index contributed by atoms with van der Waals surface area (Å²) in [6.45, 7) is -0.392. The molecule has 1 amide bonds. The van der Waals surface area contributed by atoms with Crippen LogP contribution in [-0.4, -0.2) is 18.5 Å². The highest BCUT2D eigenvalue weighted by Crippen LogP contribution is 2.21. The molecule has 21 heavy (non-hydrogen) atoms. The number of nitrogens with one attached hydrogen (secondary N) is 1. The van der Waals surface area contributed by atoms with Crippen molar-refractivity contribution in [3.63, 3.8) is 0 Å². The first-order valence-electron chi connectivity index (χ1n) is 5.85. The minimum atomic E-state index is -0.592. The third-order valence-electron chi connectivity index (χ3n) is 2.31. The number of anilines is 1. The van der Waals surface area contributed by atoms with E-state index in [1.807, 2.05) is 23.6 Å². The lowest BCUT2D eigenvalue weighted by Gasteiger charge is -2.03. The molecule has 5 nitrogen and oxygen atoms in total. The van der Waals surface area contributed by atoms with E-state index in [-0.39, 0.29) is 0 Å². The van der Waals surface area contributed by atoms with E-state index in [1.165, 1.54) is 28.7 Å². The fourth-order valence-electron chi connectivity index (χ4n) is 1.38. The fourth-order valence-corrected chi connectivity index (χ4v) is 2.75. The second-order valence-electron chi connectivity index (χ2n) is 3.78. The van der Waals surface area contributed by atoms with Crippen LogP contribution in [0.25, 0.3) is 6.08 Å². The van der Waals surface area contributed by atoms with Crippen LogP contribution >= 0.6 is 22.7 Å². The summed E-state index contributed by atoms with van der Waals surface area (Å²) >= 11 is 2.73. The molecule has 0 fully saturated rings. The Hall–Kier alpha value is -2.43. The molecule has 106 valence electrons. The number of amides is 1. The van der Waals surface area contributed by atoms with Crippen molar-refractivity contribution < 1.29 is 14.3 Å². The molecule has 1 N–H and O–H groups in total. The Morgan fingerprint density at radius 3 is 2.90 bits per heavy atom. The summed E-state index contributed by atoms with van der Waals surface area (Å²) in [6, 6.07) is 7.30. The number of hydrogen-bond acceptors (Lipinski definition) is 6. The summed E-state index contributed by atoms with van der Waals surface area (Å²) < 4.78 is 4.81. The smallest absolute Gasteiger partial charge is 0.331 e. The van der Waals surface area contributed by atoms with Gasteiger partial charge in [0.25, 0.3) is 5.91 Å². The van der Waals surface area contributed by atoms with Crippen molar-refractivity contribution in [2.75, 3.05) is 11.9 Å². The summed E-state index contributed by atoms with van der Waals surface area (Å²) in [4.78, 5) is 24.0. The fraction of sp³-hybridized carbons (Fsp3) is 0.0714. The van der Waals surface area contributed by atoms with Crippen LogP contribution in [0.3, 0.4) is 0 Å². The van der Waals surface area contributed by atoms with Crippen LogP contribution in [0.2, 0.25) is 0 Å². The monoisotopic (exact) mass is 318 g/mol. The molecular weight excluding hydrogens is 308 g/mol. The van der Waals surface area contributed by atoms with Crippen molar-refractivity contribution in [2.24, 2.45) is 0 Å². The van der Waals surface area contributed by atoms with Crippen LogP contribution in [0.1, 0.15) is 10.4 Å². The van der Waals surface area contributed by atoms with Gasteiger partial charge in [-0.1, -0.05) is 6.07 Å². The Balaban J connectivity index is 1.79. The van der Waals surface area contributed by atoms with E-state index >= 15 is 0 Å². The predicted molar refractivity (Wildman–Crippen MR) is 82.0 cm³/mol. The van der Waals surface area contributed by atoms with E-state index in [4.69, 9.17) is 10.00 Å². The zero-order chi connectivity index (χ0) is 15.1. The average molecular weight is 318 g/mol. The molecule has 0 saturated heterocycles. The lowest BCUT2D eigenvalue weighted by Crippen LogP contribution is -2.19. The van der Waals surface area contributed by atoms with Gasteiger partial charge in [0.2, 0.25) is 0 Å². The van der Waals surface area contributed by atoms with Crippen molar-refractivity contribution in [3.8, 4) is 6.07 Å². The minimum absolute atomic E-state index is 0.386. The first-order chi connectivity index (χ1) is 10.2. The quantitative estimate of drug-likeness (QED) is 0.679. The van der Waals surface area contributed by atoms with E-state index in [9.17, 15) is 9.59 Å².